The maximum absolute atomic E-state index is 12.7. The number of aliphatic hydroxyl groups is 4. The fraction of sp³-hybridized carbons (Fsp3) is 0.632. The van der Waals surface area contributed by atoms with Crippen molar-refractivity contribution in [1.29, 1.82) is 0 Å². The fourth-order valence-electron chi connectivity index (χ4n) is 3.39. The van der Waals surface area contributed by atoms with Crippen LogP contribution in [0.2, 0.25) is 0 Å². The Balaban J connectivity index is 2.11. The number of rotatable bonds is 6. The number of para-hydroxylation sites is 1. The van der Waals surface area contributed by atoms with Crippen LogP contribution >= 0.6 is 0 Å². The van der Waals surface area contributed by atoms with Crippen LogP contribution < -0.4 is 4.90 Å². The van der Waals surface area contributed by atoms with Gasteiger partial charge in [-0.25, -0.2) is 0 Å². The van der Waals surface area contributed by atoms with E-state index in [0.29, 0.717) is 6.54 Å². The van der Waals surface area contributed by atoms with Gasteiger partial charge in [0, 0.05) is 13.0 Å². The van der Waals surface area contributed by atoms with Crippen LogP contribution in [0.15, 0.2) is 18.2 Å². The summed E-state index contributed by atoms with van der Waals surface area (Å²) in [6.07, 6.45) is -3.20. The summed E-state index contributed by atoms with van der Waals surface area (Å²) < 4.78 is 0. The number of anilines is 1. The Morgan fingerprint density at radius 2 is 1.92 bits per heavy atom. The third-order valence-corrected chi connectivity index (χ3v) is 5.13. The van der Waals surface area contributed by atoms with Gasteiger partial charge < -0.3 is 25.3 Å². The summed E-state index contributed by atoms with van der Waals surface area (Å²) in [4.78, 5) is 14.5. The number of carbonyl (C=O) groups is 1. The predicted molar refractivity (Wildman–Crippen MR) is 95.5 cm³/mol. The Kier molecular flexibility index (Phi) is 6.21. The minimum atomic E-state index is -1.47. The zero-order valence-electron chi connectivity index (χ0n) is 15.1. The molecule has 0 bridgehead atoms. The van der Waals surface area contributed by atoms with Crippen LogP contribution in [0.3, 0.4) is 0 Å². The highest BCUT2D eigenvalue weighted by Crippen LogP contribution is 2.41. The van der Waals surface area contributed by atoms with Crippen molar-refractivity contribution in [3.63, 3.8) is 0 Å². The molecule has 1 aliphatic heterocycles. The van der Waals surface area contributed by atoms with Gasteiger partial charge >= 0.3 is 0 Å². The summed E-state index contributed by atoms with van der Waals surface area (Å²) in [5, 5.41) is 37.8. The first-order valence-corrected chi connectivity index (χ1v) is 8.74. The summed E-state index contributed by atoms with van der Waals surface area (Å²) in [6, 6.07) is 6.04. The number of aryl methyl sites for hydroxylation is 1. The average molecular weight is 351 g/mol. The van der Waals surface area contributed by atoms with Crippen molar-refractivity contribution in [2.24, 2.45) is 0 Å². The van der Waals surface area contributed by atoms with Crippen molar-refractivity contribution in [3.8, 4) is 0 Å². The second-order valence-electron chi connectivity index (χ2n) is 7.50. The lowest BCUT2D eigenvalue weighted by Crippen LogP contribution is -2.43. The summed E-state index contributed by atoms with van der Waals surface area (Å²) >= 11 is 0. The lowest BCUT2D eigenvalue weighted by Gasteiger charge is -2.40. The lowest BCUT2D eigenvalue weighted by atomic mass is 9.76. The predicted octanol–water partition coefficient (Wildman–Crippen LogP) is 0.865. The van der Waals surface area contributed by atoms with Crippen LogP contribution in [0.4, 0.5) is 5.69 Å². The molecule has 0 spiro atoms. The number of fused-ring (bicyclic) bond motifs is 1. The molecule has 0 aromatic heterocycles. The highest BCUT2D eigenvalue weighted by atomic mass is 16.4. The Hall–Kier alpha value is -1.47. The summed E-state index contributed by atoms with van der Waals surface area (Å²) in [5.74, 6) is -0.115. The molecule has 0 aliphatic carbocycles. The first kappa shape index (κ1) is 19.8. The number of benzene rings is 1. The Morgan fingerprint density at radius 1 is 1.24 bits per heavy atom. The molecule has 0 radical (unpaired) electrons. The largest absolute Gasteiger partial charge is 0.394 e. The molecule has 4 N–H and O–H groups in total. The number of aliphatic hydroxyl groups excluding tert-OH is 4. The molecular weight excluding hydrogens is 322 g/mol. The van der Waals surface area contributed by atoms with Gasteiger partial charge in [0.2, 0.25) is 5.91 Å². The van der Waals surface area contributed by atoms with E-state index in [0.717, 1.165) is 23.2 Å². The van der Waals surface area contributed by atoms with Crippen molar-refractivity contribution < 1.29 is 25.2 Å². The van der Waals surface area contributed by atoms with Crippen molar-refractivity contribution >= 4 is 11.6 Å². The second-order valence-corrected chi connectivity index (χ2v) is 7.50. The normalized spacial score (nSPS) is 19.9. The zero-order valence-corrected chi connectivity index (χ0v) is 15.1. The zero-order chi connectivity index (χ0) is 18.8. The van der Waals surface area contributed by atoms with Gasteiger partial charge in [0.1, 0.15) is 12.2 Å². The van der Waals surface area contributed by atoms with E-state index in [1.165, 1.54) is 0 Å². The third kappa shape index (κ3) is 4.20. The topological polar surface area (TPSA) is 101 Å². The first-order chi connectivity index (χ1) is 11.7. The molecule has 25 heavy (non-hydrogen) atoms. The molecule has 1 aromatic rings. The fourth-order valence-corrected chi connectivity index (χ4v) is 3.39. The monoisotopic (exact) mass is 351 g/mol. The Labute approximate surface area is 148 Å². The van der Waals surface area contributed by atoms with Gasteiger partial charge in [-0.1, -0.05) is 32.0 Å². The second kappa shape index (κ2) is 7.83. The van der Waals surface area contributed by atoms with E-state index in [2.05, 4.69) is 19.9 Å². The molecule has 0 saturated carbocycles. The Bertz CT molecular complexity index is 616. The van der Waals surface area contributed by atoms with E-state index in [-0.39, 0.29) is 24.2 Å². The van der Waals surface area contributed by atoms with Crippen molar-refractivity contribution in [1.82, 2.24) is 0 Å². The Morgan fingerprint density at radius 3 is 2.56 bits per heavy atom. The molecule has 1 amide bonds. The van der Waals surface area contributed by atoms with Gasteiger partial charge in [-0.05, 0) is 36.3 Å². The van der Waals surface area contributed by atoms with Crippen molar-refractivity contribution in [2.75, 3.05) is 18.1 Å². The molecule has 0 fully saturated rings. The highest BCUT2D eigenvalue weighted by molar-refractivity contribution is 5.95. The molecule has 0 saturated heterocycles. The molecule has 0 unspecified atom stereocenters. The third-order valence-electron chi connectivity index (χ3n) is 5.13. The van der Waals surface area contributed by atoms with E-state index >= 15 is 0 Å². The van der Waals surface area contributed by atoms with Gasteiger partial charge in [-0.3, -0.25) is 4.79 Å². The number of nitrogens with zero attached hydrogens (tertiary/aromatic N) is 1. The van der Waals surface area contributed by atoms with Crippen LogP contribution in [-0.4, -0.2) is 57.8 Å². The molecule has 1 aromatic carbocycles. The minimum Gasteiger partial charge on any atom is -0.394 e. The number of carbonyl (C=O) groups excluding carboxylic acids is 1. The van der Waals surface area contributed by atoms with Crippen LogP contribution in [0.25, 0.3) is 0 Å². The number of hydrogen-bond acceptors (Lipinski definition) is 5. The SMILES string of the molecule is Cc1cccc2c1N(C(=O)CC[C@@H](O)[C@H](O)[C@H](O)CO)CCC2(C)C. The van der Waals surface area contributed by atoms with E-state index < -0.39 is 24.9 Å². The molecule has 1 heterocycles. The van der Waals surface area contributed by atoms with Gasteiger partial charge in [-0.15, -0.1) is 0 Å². The van der Waals surface area contributed by atoms with E-state index in [4.69, 9.17) is 5.11 Å². The maximum Gasteiger partial charge on any atom is 0.227 e. The smallest absolute Gasteiger partial charge is 0.227 e. The molecule has 6 nitrogen and oxygen atoms in total. The van der Waals surface area contributed by atoms with Gasteiger partial charge in [-0.2, -0.15) is 0 Å². The van der Waals surface area contributed by atoms with E-state index in [1.807, 2.05) is 19.1 Å². The molecule has 2 rings (SSSR count). The van der Waals surface area contributed by atoms with Crippen LogP contribution in [0.1, 0.15) is 44.2 Å². The number of amides is 1. The summed E-state index contributed by atoms with van der Waals surface area (Å²) in [6.45, 7) is 6.30. The van der Waals surface area contributed by atoms with Crippen LogP contribution in [0, 0.1) is 6.92 Å². The molecular formula is C19H29NO5. The quantitative estimate of drug-likeness (QED) is 0.609. The van der Waals surface area contributed by atoms with Crippen molar-refractivity contribution in [2.45, 2.75) is 63.8 Å². The maximum atomic E-state index is 12.7. The van der Waals surface area contributed by atoms with Crippen LogP contribution in [0.5, 0.6) is 0 Å². The lowest BCUT2D eigenvalue weighted by molar-refractivity contribution is -0.120. The van der Waals surface area contributed by atoms with Gasteiger partial charge in [0.05, 0.1) is 18.4 Å². The molecule has 3 atom stereocenters. The van der Waals surface area contributed by atoms with Crippen LogP contribution in [-0.2, 0) is 10.2 Å². The molecule has 1 aliphatic rings. The standard InChI is InChI=1S/C19H29NO5/c1-12-5-4-6-13-17(12)20(10-9-19(13,2)3)16(24)8-7-14(22)18(25)15(23)11-21/h4-6,14-15,18,21-23,25H,7-11H2,1-3H3/t14-,15-,18+/m1/s1. The first-order valence-electron chi connectivity index (χ1n) is 8.74. The average Bonchev–Trinajstić information content (AvgIpc) is 2.58. The molecule has 140 valence electrons. The summed E-state index contributed by atoms with van der Waals surface area (Å²) in [7, 11) is 0. The van der Waals surface area contributed by atoms with Crippen molar-refractivity contribution in [3.05, 3.63) is 29.3 Å². The van der Waals surface area contributed by atoms with Gasteiger partial charge in [0.25, 0.3) is 0 Å². The number of hydrogen-bond donors (Lipinski definition) is 4. The summed E-state index contributed by atoms with van der Waals surface area (Å²) in [5.41, 5.74) is 3.12. The van der Waals surface area contributed by atoms with E-state index in [9.17, 15) is 20.1 Å². The molecule has 6 heteroatoms. The highest BCUT2D eigenvalue weighted by Gasteiger charge is 2.34. The minimum absolute atomic E-state index is 0.000916. The van der Waals surface area contributed by atoms with Gasteiger partial charge in [0.15, 0.2) is 0 Å². The van der Waals surface area contributed by atoms with E-state index in [1.54, 1.807) is 4.90 Å².